The van der Waals surface area contributed by atoms with E-state index >= 15 is 0 Å². The lowest BCUT2D eigenvalue weighted by atomic mass is 10.3. The first kappa shape index (κ1) is 13.3. The minimum absolute atomic E-state index is 0.422. The fraction of sp³-hybridized carbons (Fsp3) is 0.375. The predicted octanol–water partition coefficient (Wildman–Crippen LogP) is 2.63. The molecule has 0 aromatic carbocycles. The molecule has 0 radical (unpaired) electrons. The van der Waals surface area contributed by atoms with Crippen LogP contribution in [0.1, 0.15) is 12.1 Å². The van der Waals surface area contributed by atoms with Crippen molar-refractivity contribution in [2.24, 2.45) is 0 Å². The van der Waals surface area contributed by atoms with Crippen LogP contribution in [-0.4, -0.2) is 23.6 Å². The van der Waals surface area contributed by atoms with Crippen molar-refractivity contribution in [2.45, 2.75) is 12.8 Å². The van der Waals surface area contributed by atoms with E-state index in [1.165, 1.54) is 0 Å². The van der Waals surface area contributed by atoms with Gasteiger partial charge in [-0.25, -0.2) is 13.8 Å². The minimum atomic E-state index is -5.15. The summed E-state index contributed by atoms with van der Waals surface area (Å²) in [7, 11) is 0.853. The average Bonchev–Trinajstić information content (AvgIpc) is 2.18. The molecule has 1 N–H and O–H groups in total. The maximum Gasteiger partial charge on any atom is 0.573 e. The van der Waals surface area contributed by atoms with E-state index in [-0.39, 0.29) is 0 Å². The highest BCUT2D eigenvalue weighted by atomic mass is 19.4. The highest BCUT2D eigenvalue weighted by Crippen LogP contribution is 2.43. The standard InChI is InChI=1S/C8H6F5NO3/c1-16-6-4(7(9)10)14-2-3(15)5(6)17-8(11,12)13/h2,7,15H,1H3. The quantitative estimate of drug-likeness (QED) is 0.848. The third-order valence-corrected chi connectivity index (χ3v) is 1.63. The minimum Gasteiger partial charge on any atom is -0.503 e. The van der Waals surface area contributed by atoms with Crippen LogP contribution in [0.5, 0.6) is 17.2 Å². The Kier molecular flexibility index (Phi) is 3.59. The fourth-order valence-corrected chi connectivity index (χ4v) is 1.05. The van der Waals surface area contributed by atoms with Crippen LogP contribution in [0, 0.1) is 0 Å². The van der Waals surface area contributed by atoms with Crippen molar-refractivity contribution in [3.05, 3.63) is 11.9 Å². The van der Waals surface area contributed by atoms with Crippen molar-refractivity contribution in [3.63, 3.8) is 0 Å². The maximum atomic E-state index is 12.4. The topological polar surface area (TPSA) is 51.6 Å². The molecule has 1 aromatic rings. The van der Waals surface area contributed by atoms with Crippen LogP contribution in [0.3, 0.4) is 0 Å². The van der Waals surface area contributed by atoms with Crippen LogP contribution in [0.25, 0.3) is 0 Å². The average molecular weight is 259 g/mol. The van der Waals surface area contributed by atoms with Gasteiger partial charge in [0.05, 0.1) is 13.3 Å². The summed E-state index contributed by atoms with van der Waals surface area (Å²) in [6.45, 7) is 0. The Bertz CT molecular complexity index is 407. The number of rotatable bonds is 3. The molecular formula is C8H6F5NO3. The summed E-state index contributed by atoms with van der Waals surface area (Å²) in [5.41, 5.74) is -1.05. The number of pyridine rings is 1. The number of nitrogens with zero attached hydrogens (tertiary/aromatic N) is 1. The zero-order valence-corrected chi connectivity index (χ0v) is 8.26. The van der Waals surface area contributed by atoms with Crippen molar-refractivity contribution >= 4 is 0 Å². The van der Waals surface area contributed by atoms with E-state index in [0.717, 1.165) is 7.11 Å². The molecule has 0 aliphatic heterocycles. The lowest BCUT2D eigenvalue weighted by Gasteiger charge is -2.15. The van der Waals surface area contributed by atoms with E-state index in [4.69, 9.17) is 5.11 Å². The lowest BCUT2D eigenvalue weighted by Crippen LogP contribution is -2.18. The molecule has 0 unspecified atom stereocenters. The number of hydrogen-bond donors (Lipinski definition) is 1. The SMILES string of the molecule is COc1c(C(F)F)ncc(O)c1OC(F)(F)F. The number of aromatic nitrogens is 1. The number of alkyl halides is 5. The third-order valence-electron chi connectivity index (χ3n) is 1.63. The predicted molar refractivity (Wildman–Crippen MR) is 44.1 cm³/mol. The second-order valence-corrected chi connectivity index (χ2v) is 2.74. The molecule has 1 rings (SSSR count). The van der Waals surface area contributed by atoms with Crippen molar-refractivity contribution in [2.75, 3.05) is 7.11 Å². The first-order valence-corrected chi connectivity index (χ1v) is 4.06. The van der Waals surface area contributed by atoms with Gasteiger partial charge >= 0.3 is 6.36 Å². The Morgan fingerprint density at radius 2 is 1.88 bits per heavy atom. The van der Waals surface area contributed by atoms with Crippen molar-refractivity contribution in [1.82, 2.24) is 4.98 Å². The first-order valence-electron chi connectivity index (χ1n) is 4.06. The van der Waals surface area contributed by atoms with E-state index in [1.807, 2.05) is 0 Å². The van der Waals surface area contributed by atoms with Gasteiger partial charge < -0.3 is 14.6 Å². The van der Waals surface area contributed by atoms with E-state index in [1.54, 1.807) is 0 Å². The third kappa shape index (κ3) is 3.08. The molecule has 1 aromatic heterocycles. The second kappa shape index (κ2) is 4.60. The number of hydrogen-bond acceptors (Lipinski definition) is 4. The monoisotopic (exact) mass is 259 g/mol. The Balaban J connectivity index is 3.30. The Labute approximate surface area is 91.6 Å². The van der Waals surface area contributed by atoms with Gasteiger partial charge in [-0.1, -0.05) is 0 Å². The summed E-state index contributed by atoms with van der Waals surface area (Å²) in [6.07, 6.45) is -7.89. The molecule has 0 amide bonds. The van der Waals surface area contributed by atoms with Crippen LogP contribution in [-0.2, 0) is 0 Å². The molecule has 0 aliphatic rings. The summed E-state index contributed by atoms with van der Waals surface area (Å²) in [5, 5.41) is 9.08. The number of halogens is 5. The van der Waals surface area contributed by atoms with Gasteiger partial charge in [0.1, 0.15) is 0 Å². The van der Waals surface area contributed by atoms with E-state index < -0.39 is 35.7 Å². The molecule has 0 spiro atoms. The van der Waals surface area contributed by atoms with Crippen molar-refractivity contribution < 1.29 is 36.5 Å². The van der Waals surface area contributed by atoms with Crippen molar-refractivity contribution in [3.8, 4) is 17.2 Å². The summed E-state index contributed by atoms with van der Waals surface area (Å²) in [6, 6.07) is 0. The van der Waals surface area contributed by atoms with Gasteiger partial charge in [-0.3, -0.25) is 0 Å². The first-order chi connectivity index (χ1) is 7.76. The molecule has 4 nitrogen and oxygen atoms in total. The van der Waals surface area contributed by atoms with Gasteiger partial charge in [0.25, 0.3) is 6.43 Å². The normalized spacial score (nSPS) is 11.7. The van der Waals surface area contributed by atoms with Crippen LogP contribution >= 0.6 is 0 Å². The van der Waals surface area contributed by atoms with Crippen molar-refractivity contribution in [1.29, 1.82) is 0 Å². The smallest absolute Gasteiger partial charge is 0.503 e. The molecular weight excluding hydrogens is 253 g/mol. The summed E-state index contributed by atoms with van der Waals surface area (Å²) >= 11 is 0. The second-order valence-electron chi connectivity index (χ2n) is 2.74. The summed E-state index contributed by atoms with van der Waals surface area (Å²) < 4.78 is 68.5. The van der Waals surface area contributed by atoms with E-state index in [9.17, 15) is 22.0 Å². The fourth-order valence-electron chi connectivity index (χ4n) is 1.05. The van der Waals surface area contributed by atoms with Gasteiger partial charge in [-0.2, -0.15) is 0 Å². The van der Waals surface area contributed by atoms with E-state index in [0.29, 0.717) is 6.20 Å². The molecule has 0 saturated heterocycles. The Morgan fingerprint density at radius 1 is 1.29 bits per heavy atom. The number of aromatic hydroxyl groups is 1. The Morgan fingerprint density at radius 3 is 2.29 bits per heavy atom. The molecule has 9 heteroatoms. The zero-order chi connectivity index (χ0) is 13.2. The lowest BCUT2D eigenvalue weighted by molar-refractivity contribution is -0.275. The summed E-state index contributed by atoms with van der Waals surface area (Å²) in [5.74, 6) is -3.26. The van der Waals surface area contributed by atoms with Gasteiger partial charge in [0, 0.05) is 0 Å². The largest absolute Gasteiger partial charge is 0.573 e. The van der Waals surface area contributed by atoms with Crippen LogP contribution in [0.4, 0.5) is 22.0 Å². The molecule has 1 heterocycles. The molecule has 96 valence electrons. The number of methoxy groups -OCH3 is 1. The highest BCUT2D eigenvalue weighted by molar-refractivity contribution is 5.52. The summed E-state index contributed by atoms with van der Waals surface area (Å²) in [4.78, 5) is 3.07. The molecule has 17 heavy (non-hydrogen) atoms. The molecule has 0 atom stereocenters. The Hall–Kier alpha value is -1.80. The molecule has 0 saturated carbocycles. The van der Waals surface area contributed by atoms with Crippen LogP contribution in [0.2, 0.25) is 0 Å². The van der Waals surface area contributed by atoms with Gasteiger partial charge in [0.2, 0.25) is 5.75 Å². The molecule has 0 fully saturated rings. The maximum absolute atomic E-state index is 12.4. The van der Waals surface area contributed by atoms with Crippen LogP contribution < -0.4 is 9.47 Å². The highest BCUT2D eigenvalue weighted by Gasteiger charge is 2.35. The van der Waals surface area contributed by atoms with Gasteiger partial charge in [0.15, 0.2) is 17.2 Å². The number of ether oxygens (including phenoxy) is 2. The van der Waals surface area contributed by atoms with Crippen LogP contribution in [0.15, 0.2) is 6.20 Å². The van der Waals surface area contributed by atoms with E-state index in [2.05, 4.69) is 14.5 Å². The molecule has 0 aliphatic carbocycles. The zero-order valence-electron chi connectivity index (χ0n) is 8.26. The van der Waals surface area contributed by atoms with Gasteiger partial charge in [-0.05, 0) is 0 Å². The molecule has 0 bridgehead atoms. The van der Waals surface area contributed by atoms with Gasteiger partial charge in [-0.15, -0.1) is 13.2 Å².